The van der Waals surface area contributed by atoms with Crippen molar-refractivity contribution >= 4 is 22.6 Å². The second kappa shape index (κ2) is 6.18. The molecule has 0 radical (unpaired) electrons. The fourth-order valence-electron chi connectivity index (χ4n) is 2.71. The molecule has 0 heterocycles. The number of amides is 2. The van der Waals surface area contributed by atoms with Crippen LogP contribution in [0.15, 0.2) is 42.5 Å². The number of carbonyl (C=O) groups is 2. The molecule has 2 aromatic rings. The minimum Gasteiger partial charge on any atom is -0.368 e. The standard InChI is InChI=1S/C18H20N2O2/c19-18(22)16(10-12-5-6-12)20-17(21)11-13-7-8-14-3-1-2-4-15(14)9-13/h1-4,7-9,12,16H,5-6,10-11H2,(H2,19,22)(H,20,21)/t16-/m0/s1. The van der Waals surface area contributed by atoms with Crippen LogP contribution < -0.4 is 11.1 Å². The van der Waals surface area contributed by atoms with Gasteiger partial charge in [-0.15, -0.1) is 0 Å². The van der Waals surface area contributed by atoms with E-state index in [4.69, 9.17) is 5.73 Å². The van der Waals surface area contributed by atoms with Crippen molar-refractivity contribution in [1.82, 2.24) is 5.32 Å². The summed E-state index contributed by atoms with van der Waals surface area (Å²) >= 11 is 0. The molecule has 1 aliphatic rings. The van der Waals surface area contributed by atoms with Gasteiger partial charge in [-0.25, -0.2) is 0 Å². The lowest BCUT2D eigenvalue weighted by atomic mass is 10.0. The molecule has 1 aliphatic carbocycles. The van der Waals surface area contributed by atoms with Crippen LogP contribution >= 0.6 is 0 Å². The van der Waals surface area contributed by atoms with Gasteiger partial charge in [0.25, 0.3) is 0 Å². The van der Waals surface area contributed by atoms with Crippen molar-refractivity contribution in [3.8, 4) is 0 Å². The third-order valence-corrected chi connectivity index (χ3v) is 4.12. The number of carbonyl (C=O) groups excluding carboxylic acids is 2. The number of hydrogen-bond acceptors (Lipinski definition) is 2. The minimum atomic E-state index is -0.541. The van der Waals surface area contributed by atoms with Crippen molar-refractivity contribution in [3.63, 3.8) is 0 Å². The van der Waals surface area contributed by atoms with E-state index in [0.717, 1.165) is 29.2 Å². The molecule has 114 valence electrons. The largest absolute Gasteiger partial charge is 0.368 e. The molecule has 3 rings (SSSR count). The molecule has 0 aliphatic heterocycles. The number of nitrogens with two attached hydrogens (primary N) is 1. The summed E-state index contributed by atoms with van der Waals surface area (Å²) in [4.78, 5) is 23.6. The molecule has 0 unspecified atom stereocenters. The number of benzene rings is 2. The quantitative estimate of drug-likeness (QED) is 0.857. The van der Waals surface area contributed by atoms with E-state index in [2.05, 4.69) is 5.32 Å². The maximum Gasteiger partial charge on any atom is 0.240 e. The first-order valence-corrected chi connectivity index (χ1v) is 7.68. The highest BCUT2D eigenvalue weighted by atomic mass is 16.2. The summed E-state index contributed by atoms with van der Waals surface area (Å²) in [6.45, 7) is 0. The van der Waals surface area contributed by atoms with Crippen molar-refractivity contribution in [3.05, 3.63) is 48.0 Å². The van der Waals surface area contributed by atoms with Gasteiger partial charge in [0.15, 0.2) is 0 Å². The molecule has 0 bridgehead atoms. The third-order valence-electron chi connectivity index (χ3n) is 4.12. The fourth-order valence-corrected chi connectivity index (χ4v) is 2.71. The van der Waals surface area contributed by atoms with Crippen molar-refractivity contribution in [2.75, 3.05) is 0 Å². The summed E-state index contributed by atoms with van der Waals surface area (Å²) in [6, 6.07) is 13.5. The van der Waals surface area contributed by atoms with Crippen LogP contribution in [0.1, 0.15) is 24.8 Å². The maximum absolute atomic E-state index is 12.1. The van der Waals surface area contributed by atoms with E-state index in [-0.39, 0.29) is 12.3 Å². The molecule has 0 saturated heterocycles. The summed E-state index contributed by atoms with van der Waals surface area (Å²) < 4.78 is 0. The van der Waals surface area contributed by atoms with Crippen LogP contribution in [0.3, 0.4) is 0 Å². The van der Waals surface area contributed by atoms with E-state index in [1.807, 2.05) is 42.5 Å². The van der Waals surface area contributed by atoms with E-state index in [0.29, 0.717) is 12.3 Å². The van der Waals surface area contributed by atoms with Gasteiger partial charge in [-0.2, -0.15) is 0 Å². The average molecular weight is 296 g/mol. The topological polar surface area (TPSA) is 72.2 Å². The van der Waals surface area contributed by atoms with E-state index in [9.17, 15) is 9.59 Å². The number of rotatable bonds is 6. The van der Waals surface area contributed by atoms with Crippen LogP contribution in [-0.2, 0) is 16.0 Å². The fraction of sp³-hybridized carbons (Fsp3) is 0.333. The van der Waals surface area contributed by atoms with Gasteiger partial charge >= 0.3 is 0 Å². The molecule has 1 atom stereocenters. The summed E-state index contributed by atoms with van der Waals surface area (Å²) in [6.07, 6.45) is 3.19. The second-order valence-electron chi connectivity index (χ2n) is 6.06. The summed E-state index contributed by atoms with van der Waals surface area (Å²) in [5.74, 6) is -0.0584. The number of fused-ring (bicyclic) bond motifs is 1. The Hall–Kier alpha value is -2.36. The molecular weight excluding hydrogens is 276 g/mol. The van der Waals surface area contributed by atoms with Crippen molar-refractivity contribution in [1.29, 1.82) is 0 Å². The van der Waals surface area contributed by atoms with Gasteiger partial charge in [0.2, 0.25) is 11.8 Å². The van der Waals surface area contributed by atoms with Crippen LogP contribution in [-0.4, -0.2) is 17.9 Å². The van der Waals surface area contributed by atoms with Crippen LogP contribution in [0.25, 0.3) is 10.8 Å². The SMILES string of the molecule is NC(=O)[C@H](CC1CC1)NC(=O)Cc1ccc2ccccc2c1. The first kappa shape index (κ1) is 14.6. The van der Waals surface area contributed by atoms with Crippen molar-refractivity contribution < 1.29 is 9.59 Å². The van der Waals surface area contributed by atoms with Gasteiger partial charge in [0, 0.05) is 0 Å². The monoisotopic (exact) mass is 296 g/mol. The summed E-state index contributed by atoms with van der Waals surface area (Å²) in [7, 11) is 0. The third kappa shape index (κ3) is 3.64. The lowest BCUT2D eigenvalue weighted by Crippen LogP contribution is -2.45. The minimum absolute atomic E-state index is 0.153. The number of primary amides is 1. The maximum atomic E-state index is 12.1. The Labute approximate surface area is 129 Å². The van der Waals surface area contributed by atoms with Crippen LogP contribution in [0.5, 0.6) is 0 Å². The van der Waals surface area contributed by atoms with Gasteiger partial charge in [-0.1, -0.05) is 55.3 Å². The Kier molecular flexibility index (Phi) is 4.09. The van der Waals surface area contributed by atoms with Crippen molar-refractivity contribution in [2.45, 2.75) is 31.7 Å². The van der Waals surface area contributed by atoms with E-state index >= 15 is 0 Å². The zero-order valence-corrected chi connectivity index (χ0v) is 12.4. The molecular formula is C18H20N2O2. The normalized spacial score (nSPS) is 15.5. The smallest absolute Gasteiger partial charge is 0.240 e. The Morgan fingerprint density at radius 1 is 1.14 bits per heavy atom. The molecule has 0 spiro atoms. The molecule has 2 amide bonds. The molecule has 4 heteroatoms. The molecule has 1 fully saturated rings. The zero-order valence-electron chi connectivity index (χ0n) is 12.4. The Balaban J connectivity index is 1.65. The van der Waals surface area contributed by atoms with E-state index in [1.54, 1.807) is 0 Å². The Morgan fingerprint density at radius 3 is 2.55 bits per heavy atom. The predicted molar refractivity (Wildman–Crippen MR) is 86.1 cm³/mol. The van der Waals surface area contributed by atoms with Crippen LogP contribution in [0.4, 0.5) is 0 Å². The summed E-state index contributed by atoms with van der Waals surface area (Å²) in [5.41, 5.74) is 6.31. The van der Waals surface area contributed by atoms with Gasteiger partial charge in [0.05, 0.1) is 6.42 Å². The van der Waals surface area contributed by atoms with Gasteiger partial charge < -0.3 is 11.1 Å². The highest BCUT2D eigenvalue weighted by molar-refractivity contribution is 5.89. The summed E-state index contributed by atoms with van der Waals surface area (Å²) in [5, 5.41) is 5.03. The first-order valence-electron chi connectivity index (χ1n) is 7.68. The van der Waals surface area contributed by atoms with E-state index in [1.165, 1.54) is 0 Å². The van der Waals surface area contributed by atoms with Crippen molar-refractivity contribution in [2.24, 2.45) is 11.7 Å². The highest BCUT2D eigenvalue weighted by Gasteiger charge is 2.29. The molecule has 4 nitrogen and oxygen atoms in total. The highest BCUT2D eigenvalue weighted by Crippen LogP contribution is 2.33. The average Bonchev–Trinajstić information content (AvgIpc) is 3.30. The van der Waals surface area contributed by atoms with Crippen LogP contribution in [0.2, 0.25) is 0 Å². The Morgan fingerprint density at radius 2 is 1.86 bits per heavy atom. The number of hydrogen-bond donors (Lipinski definition) is 2. The molecule has 0 aromatic heterocycles. The molecule has 2 aromatic carbocycles. The van der Waals surface area contributed by atoms with Crippen LogP contribution in [0, 0.1) is 5.92 Å². The molecule has 3 N–H and O–H groups in total. The lowest BCUT2D eigenvalue weighted by Gasteiger charge is -2.15. The van der Waals surface area contributed by atoms with Gasteiger partial charge in [-0.3, -0.25) is 9.59 Å². The Bertz CT molecular complexity index is 707. The zero-order chi connectivity index (χ0) is 15.5. The number of nitrogens with one attached hydrogen (secondary N) is 1. The van der Waals surface area contributed by atoms with E-state index < -0.39 is 11.9 Å². The molecule has 1 saturated carbocycles. The predicted octanol–water partition coefficient (Wildman–Crippen LogP) is 2.15. The second-order valence-corrected chi connectivity index (χ2v) is 6.06. The van der Waals surface area contributed by atoms with Gasteiger partial charge in [0.1, 0.15) is 6.04 Å². The molecule has 22 heavy (non-hydrogen) atoms. The first-order chi connectivity index (χ1) is 10.6. The van der Waals surface area contributed by atoms with Gasteiger partial charge in [-0.05, 0) is 28.7 Å². The lowest BCUT2D eigenvalue weighted by molar-refractivity contribution is -0.127.